The van der Waals surface area contributed by atoms with Gasteiger partial charge in [-0.1, -0.05) is 25.7 Å². The van der Waals surface area contributed by atoms with Gasteiger partial charge in [-0.05, 0) is 0 Å². The molecule has 0 radical (unpaired) electrons. The van der Waals surface area contributed by atoms with Crippen molar-refractivity contribution in [1.29, 1.82) is 0 Å². The molecule has 0 saturated carbocycles. The summed E-state index contributed by atoms with van der Waals surface area (Å²) in [6.07, 6.45) is 0. The number of allylic oxidation sites excluding steroid dienone is 1. The minimum absolute atomic E-state index is 0. The van der Waals surface area contributed by atoms with E-state index in [0.717, 1.165) is 11.6 Å². The van der Waals surface area contributed by atoms with Crippen LogP contribution >= 0.6 is 0 Å². The van der Waals surface area contributed by atoms with Crippen molar-refractivity contribution < 1.29 is 18.9 Å². The van der Waals surface area contributed by atoms with Crippen LogP contribution in [-0.2, 0) is 0 Å². The van der Waals surface area contributed by atoms with Crippen LogP contribution < -0.4 is 18.9 Å². The van der Waals surface area contributed by atoms with E-state index in [1.54, 1.807) is 0 Å². The summed E-state index contributed by atoms with van der Waals surface area (Å²) >= 11 is 0. The average Bonchev–Trinajstić information content (AvgIpc) is 1.21. The van der Waals surface area contributed by atoms with Gasteiger partial charge in [-0.15, -0.1) is 0 Å². The van der Waals surface area contributed by atoms with Gasteiger partial charge in [-0.2, -0.15) is 0 Å². The van der Waals surface area contributed by atoms with Crippen molar-refractivity contribution in [2.45, 2.75) is 25.7 Å². The van der Waals surface area contributed by atoms with Gasteiger partial charge in [0.1, 0.15) is 0 Å². The summed E-state index contributed by atoms with van der Waals surface area (Å²) in [7, 11) is -0.882. The molecule has 0 spiro atoms. The van der Waals surface area contributed by atoms with Gasteiger partial charge in [0.05, 0.1) is 0 Å². The fourth-order valence-corrected chi connectivity index (χ4v) is 2.25. The van der Waals surface area contributed by atoms with Crippen molar-refractivity contribution in [3.05, 3.63) is 19.1 Å². The predicted molar refractivity (Wildman–Crippen MR) is 42.7 cm³/mol. The molecule has 0 nitrogen and oxygen atoms in total. The summed E-state index contributed by atoms with van der Waals surface area (Å²) in [5.74, 6) is 0. The molecule has 2 heteroatoms. The van der Waals surface area contributed by atoms with Gasteiger partial charge in [-0.25, -0.2) is 19.1 Å². The Morgan fingerprint density at radius 2 is 1.78 bits per heavy atom. The Bertz CT molecular complexity index is 91.6. The second-order valence-corrected chi connectivity index (χ2v) is 8.96. The molecule has 0 aromatic carbocycles. The zero-order valence-electron chi connectivity index (χ0n) is 7.12. The zero-order valence-corrected chi connectivity index (χ0v) is 8.12. The summed E-state index contributed by atoms with van der Waals surface area (Å²) in [4.78, 5) is 0. The third kappa shape index (κ3) is 11.8. The van der Waals surface area contributed by atoms with E-state index in [1.807, 2.05) is 0 Å². The van der Waals surface area contributed by atoms with Gasteiger partial charge in [0.25, 0.3) is 0 Å². The van der Waals surface area contributed by atoms with E-state index >= 15 is 0 Å². The molecule has 0 fully saturated rings. The maximum absolute atomic E-state index is 3.76. The molecule has 0 aromatic heterocycles. The van der Waals surface area contributed by atoms with Crippen LogP contribution in [0.4, 0.5) is 0 Å². The van der Waals surface area contributed by atoms with Gasteiger partial charge in [0, 0.05) is 8.07 Å². The van der Waals surface area contributed by atoms with E-state index in [4.69, 9.17) is 0 Å². The van der Waals surface area contributed by atoms with E-state index in [2.05, 4.69) is 33.1 Å². The van der Waals surface area contributed by atoms with Crippen LogP contribution in [-0.4, -0.2) is 8.07 Å². The first-order valence-corrected chi connectivity index (χ1v) is 6.62. The van der Waals surface area contributed by atoms with Crippen molar-refractivity contribution in [3.8, 4) is 0 Å². The first kappa shape index (κ1) is 12.1. The molecule has 0 amide bonds. The Morgan fingerprint density at radius 1 is 1.44 bits per heavy atom. The standard InChI is InChI=1S/C7H15Si.Li/c1-7(2)6-8(3,4)5;/h1-2,6H2,3-5H3;/q-1;+1. The van der Waals surface area contributed by atoms with E-state index in [1.165, 1.54) is 0 Å². The van der Waals surface area contributed by atoms with Crippen LogP contribution in [0.25, 0.3) is 0 Å². The molecule has 0 bridgehead atoms. The summed E-state index contributed by atoms with van der Waals surface area (Å²) in [6, 6.07) is 1.16. The van der Waals surface area contributed by atoms with Gasteiger partial charge >= 0.3 is 18.9 Å². The van der Waals surface area contributed by atoms with E-state index < -0.39 is 8.07 Å². The van der Waals surface area contributed by atoms with Crippen molar-refractivity contribution in [1.82, 2.24) is 0 Å². The van der Waals surface area contributed by atoms with E-state index in [-0.39, 0.29) is 18.9 Å². The number of hydrogen-bond donors (Lipinski definition) is 0. The Morgan fingerprint density at radius 3 is 1.78 bits per heavy atom. The van der Waals surface area contributed by atoms with Gasteiger partial charge in [-0.3, -0.25) is 0 Å². The minimum Gasteiger partial charge on any atom is -0.242 e. The molecule has 0 aromatic rings. The molecular formula is C7H15LiSi. The maximum atomic E-state index is 3.76. The minimum atomic E-state index is -0.882. The van der Waals surface area contributed by atoms with Gasteiger partial charge < -0.3 is 0 Å². The summed E-state index contributed by atoms with van der Waals surface area (Å²) in [6.45, 7) is 14.5. The maximum Gasteiger partial charge on any atom is 1.00 e. The third-order valence-corrected chi connectivity index (χ3v) is 2.34. The Kier molecular flexibility index (Phi) is 5.76. The van der Waals surface area contributed by atoms with Gasteiger partial charge in [0.2, 0.25) is 0 Å². The summed E-state index contributed by atoms with van der Waals surface area (Å²) in [5, 5.41) is 0. The van der Waals surface area contributed by atoms with Crippen LogP contribution in [0, 0.1) is 6.92 Å². The van der Waals surface area contributed by atoms with Crippen LogP contribution in [0.3, 0.4) is 0 Å². The van der Waals surface area contributed by atoms with Crippen molar-refractivity contribution in [3.63, 3.8) is 0 Å². The van der Waals surface area contributed by atoms with E-state index in [9.17, 15) is 0 Å². The normalized spacial score (nSPS) is 10.1. The molecule has 0 unspecified atom stereocenters. The molecule has 0 aliphatic carbocycles. The van der Waals surface area contributed by atoms with Crippen molar-refractivity contribution >= 4 is 8.07 Å². The largest absolute Gasteiger partial charge is 1.00 e. The Labute approximate surface area is 71.9 Å². The van der Waals surface area contributed by atoms with Crippen LogP contribution in [0.15, 0.2) is 12.2 Å². The Balaban J connectivity index is 0. The number of hydrogen-bond acceptors (Lipinski definition) is 0. The monoisotopic (exact) mass is 134 g/mol. The second-order valence-electron chi connectivity index (χ2n) is 3.49. The molecule has 0 heterocycles. The first-order chi connectivity index (χ1) is 3.42. The molecule has 0 saturated heterocycles. The first-order valence-electron chi connectivity index (χ1n) is 2.91. The fraction of sp³-hybridized carbons (Fsp3) is 0.571. The molecule has 0 aliphatic rings. The molecule has 0 aliphatic heterocycles. The van der Waals surface area contributed by atoms with Crippen LogP contribution in [0.1, 0.15) is 0 Å². The number of rotatable bonds is 2. The van der Waals surface area contributed by atoms with Crippen LogP contribution in [0.5, 0.6) is 0 Å². The second kappa shape index (κ2) is 4.27. The third-order valence-electron chi connectivity index (χ3n) is 0.780. The zero-order chi connectivity index (χ0) is 6.78. The molecule has 0 rings (SSSR count). The predicted octanol–water partition coefficient (Wildman–Crippen LogP) is -0.281. The molecule has 0 atom stereocenters. The molecule has 48 valence electrons. The Hall–Kier alpha value is 0.424. The quantitative estimate of drug-likeness (QED) is 0.360. The van der Waals surface area contributed by atoms with Crippen LogP contribution in [0.2, 0.25) is 25.7 Å². The summed E-state index contributed by atoms with van der Waals surface area (Å²) in [5.41, 5.74) is 1.09. The topological polar surface area (TPSA) is 0 Å². The molecule has 9 heavy (non-hydrogen) atoms. The van der Waals surface area contributed by atoms with E-state index in [0.29, 0.717) is 0 Å². The molecular weight excluding hydrogens is 119 g/mol. The van der Waals surface area contributed by atoms with Gasteiger partial charge in [0.15, 0.2) is 0 Å². The fourth-order valence-electron chi connectivity index (χ4n) is 0.750. The smallest absolute Gasteiger partial charge is 0.242 e. The molecule has 0 N–H and O–H groups in total. The van der Waals surface area contributed by atoms with Crippen molar-refractivity contribution in [2.24, 2.45) is 0 Å². The van der Waals surface area contributed by atoms with Crippen molar-refractivity contribution in [2.75, 3.05) is 0 Å². The average molecular weight is 134 g/mol. The summed E-state index contributed by atoms with van der Waals surface area (Å²) < 4.78 is 0. The SMILES string of the molecule is C=C([CH2-])C[Si](C)(C)C.[Li+].